The predicted molar refractivity (Wildman–Crippen MR) is 106 cm³/mol. The van der Waals surface area contributed by atoms with Gasteiger partial charge in [0.25, 0.3) is 5.56 Å². The molecule has 142 valence electrons. The summed E-state index contributed by atoms with van der Waals surface area (Å²) in [6, 6.07) is 4.15. The molecule has 0 radical (unpaired) electrons. The third-order valence-corrected chi connectivity index (χ3v) is 6.79. The zero-order valence-corrected chi connectivity index (χ0v) is 15.9. The van der Waals surface area contributed by atoms with Crippen LogP contribution in [-0.4, -0.2) is 39.1 Å². The summed E-state index contributed by atoms with van der Waals surface area (Å²) < 4.78 is 2.04. The molecule has 0 amide bonds. The van der Waals surface area contributed by atoms with Crippen LogP contribution < -0.4 is 5.56 Å². The summed E-state index contributed by atoms with van der Waals surface area (Å²) in [7, 11) is 0. The first-order valence-electron chi connectivity index (χ1n) is 10.5. The number of aromatic nitrogens is 3. The van der Waals surface area contributed by atoms with Gasteiger partial charge in [-0.05, 0) is 43.2 Å². The van der Waals surface area contributed by atoms with E-state index in [2.05, 4.69) is 20.9 Å². The molecule has 2 aromatic heterocycles. The van der Waals surface area contributed by atoms with E-state index in [1.165, 1.54) is 57.1 Å². The van der Waals surface area contributed by atoms with Gasteiger partial charge in [-0.25, -0.2) is 9.97 Å². The van der Waals surface area contributed by atoms with E-state index >= 15 is 0 Å². The van der Waals surface area contributed by atoms with E-state index in [9.17, 15) is 4.79 Å². The molecule has 0 N–H and O–H groups in total. The van der Waals surface area contributed by atoms with Gasteiger partial charge >= 0.3 is 0 Å². The molecule has 1 saturated carbocycles. The first-order valence-corrected chi connectivity index (χ1v) is 10.5. The molecule has 5 heteroatoms. The number of hydrogen-bond acceptors (Lipinski definition) is 4. The Hall–Kier alpha value is -2.01. The molecule has 3 aliphatic rings. The third-order valence-electron chi connectivity index (χ3n) is 6.79. The van der Waals surface area contributed by atoms with Crippen LogP contribution in [0.15, 0.2) is 35.6 Å². The predicted octanol–water partition coefficient (Wildman–Crippen LogP) is 3.30. The third kappa shape index (κ3) is 3.33. The fraction of sp³-hybridized carbons (Fsp3) is 0.591. The van der Waals surface area contributed by atoms with E-state index < -0.39 is 0 Å². The van der Waals surface area contributed by atoms with Gasteiger partial charge in [0.15, 0.2) is 0 Å². The van der Waals surface area contributed by atoms with Crippen LogP contribution >= 0.6 is 0 Å². The second-order valence-electron chi connectivity index (χ2n) is 8.74. The maximum absolute atomic E-state index is 13.1. The minimum Gasteiger partial charge on any atom is -0.311 e. The molecular weight excluding hydrogens is 336 g/mol. The van der Waals surface area contributed by atoms with Crippen molar-refractivity contribution in [1.29, 1.82) is 0 Å². The number of piperidine rings is 1. The Balaban J connectivity index is 1.39. The van der Waals surface area contributed by atoms with Gasteiger partial charge in [0, 0.05) is 55.7 Å². The minimum absolute atomic E-state index is 0.123. The van der Waals surface area contributed by atoms with Gasteiger partial charge < -0.3 is 9.47 Å². The van der Waals surface area contributed by atoms with E-state index in [-0.39, 0.29) is 5.56 Å². The number of fused-ring (bicyclic) bond motifs is 4. The summed E-state index contributed by atoms with van der Waals surface area (Å²) in [5.74, 6) is 1.98. The zero-order valence-electron chi connectivity index (χ0n) is 15.9. The van der Waals surface area contributed by atoms with Crippen LogP contribution in [0.5, 0.6) is 0 Å². The maximum atomic E-state index is 13.1. The topological polar surface area (TPSA) is 51.0 Å². The van der Waals surface area contributed by atoms with Crippen molar-refractivity contribution in [3.63, 3.8) is 0 Å². The van der Waals surface area contributed by atoms with Crippen molar-refractivity contribution in [2.45, 2.75) is 51.0 Å². The van der Waals surface area contributed by atoms with E-state index in [4.69, 9.17) is 0 Å². The molecule has 4 heterocycles. The molecule has 1 saturated heterocycles. The average molecular weight is 364 g/mol. The highest BCUT2D eigenvalue weighted by molar-refractivity contribution is 5.60. The highest BCUT2D eigenvalue weighted by Crippen LogP contribution is 2.36. The van der Waals surface area contributed by atoms with Gasteiger partial charge in [-0.2, -0.15) is 0 Å². The monoisotopic (exact) mass is 364 g/mol. The Kier molecular flexibility index (Phi) is 4.56. The molecule has 1 aliphatic carbocycles. The summed E-state index contributed by atoms with van der Waals surface area (Å²) in [4.78, 5) is 24.0. The molecule has 0 unspecified atom stereocenters. The summed E-state index contributed by atoms with van der Waals surface area (Å²) >= 11 is 0. The standard InChI is InChI=1S/C22H28N4O/c27-22-20(19-9-23-15-24-10-19)6-7-21-18-8-17(13-26(21)22)12-25(14-18)11-16-4-2-1-3-5-16/h6-7,9-10,15-18H,1-5,8,11-14H2/t17-,18+/m0/s1. The van der Waals surface area contributed by atoms with Gasteiger partial charge in [-0.3, -0.25) is 4.79 Å². The minimum atomic E-state index is 0.123. The smallest absolute Gasteiger partial charge is 0.258 e. The molecule has 0 aromatic carbocycles. The van der Waals surface area contributed by atoms with Crippen molar-refractivity contribution in [3.05, 3.63) is 46.9 Å². The van der Waals surface area contributed by atoms with Crippen LogP contribution in [-0.2, 0) is 6.54 Å². The molecule has 0 spiro atoms. The maximum Gasteiger partial charge on any atom is 0.258 e. The van der Waals surface area contributed by atoms with Gasteiger partial charge in [0.1, 0.15) is 6.33 Å². The molecule has 2 aliphatic heterocycles. The molecular formula is C22H28N4O. The molecule has 5 rings (SSSR count). The lowest BCUT2D eigenvalue weighted by Gasteiger charge is -2.44. The summed E-state index contributed by atoms with van der Waals surface area (Å²) in [5, 5.41) is 0. The van der Waals surface area contributed by atoms with Crippen LogP contribution in [0.2, 0.25) is 0 Å². The second kappa shape index (κ2) is 7.19. The summed E-state index contributed by atoms with van der Waals surface area (Å²) in [5.41, 5.74) is 2.88. The van der Waals surface area contributed by atoms with Crippen molar-refractivity contribution in [2.75, 3.05) is 19.6 Å². The van der Waals surface area contributed by atoms with Crippen LogP contribution in [0.1, 0.15) is 50.1 Å². The molecule has 5 nitrogen and oxygen atoms in total. The lowest BCUT2D eigenvalue weighted by molar-refractivity contribution is 0.0967. The molecule has 2 bridgehead atoms. The van der Waals surface area contributed by atoms with E-state index in [1.807, 2.05) is 10.6 Å². The van der Waals surface area contributed by atoms with Gasteiger partial charge in [-0.15, -0.1) is 0 Å². The Bertz CT molecular complexity index is 856. The number of rotatable bonds is 3. The molecule has 2 fully saturated rings. The quantitative estimate of drug-likeness (QED) is 0.838. The van der Waals surface area contributed by atoms with E-state index in [1.54, 1.807) is 12.4 Å². The summed E-state index contributed by atoms with van der Waals surface area (Å²) in [6.45, 7) is 4.38. The van der Waals surface area contributed by atoms with E-state index in [0.29, 0.717) is 11.8 Å². The Morgan fingerprint density at radius 1 is 1.00 bits per heavy atom. The van der Waals surface area contributed by atoms with Crippen molar-refractivity contribution in [2.24, 2.45) is 11.8 Å². The Morgan fingerprint density at radius 2 is 1.81 bits per heavy atom. The zero-order chi connectivity index (χ0) is 18.2. The van der Waals surface area contributed by atoms with Crippen molar-refractivity contribution in [3.8, 4) is 11.1 Å². The Morgan fingerprint density at radius 3 is 2.63 bits per heavy atom. The number of nitrogens with zero attached hydrogens (tertiary/aromatic N) is 4. The van der Waals surface area contributed by atoms with Crippen LogP contribution in [0.4, 0.5) is 0 Å². The lowest BCUT2D eigenvalue weighted by atomic mass is 9.81. The highest BCUT2D eigenvalue weighted by atomic mass is 16.1. The second-order valence-corrected chi connectivity index (χ2v) is 8.74. The highest BCUT2D eigenvalue weighted by Gasteiger charge is 2.35. The molecule has 2 atom stereocenters. The number of pyridine rings is 1. The SMILES string of the molecule is O=c1c(-c2cncnc2)ccc2n1C[C@H]1C[C@@H]2CN(CC2CCCCC2)C1. The van der Waals surface area contributed by atoms with E-state index in [0.717, 1.165) is 36.7 Å². The van der Waals surface area contributed by atoms with Crippen molar-refractivity contribution >= 4 is 0 Å². The molecule has 27 heavy (non-hydrogen) atoms. The fourth-order valence-electron chi connectivity index (χ4n) is 5.59. The normalized spacial score (nSPS) is 25.9. The van der Waals surface area contributed by atoms with Crippen molar-refractivity contribution < 1.29 is 0 Å². The molecule has 2 aromatic rings. The fourth-order valence-corrected chi connectivity index (χ4v) is 5.59. The first-order chi connectivity index (χ1) is 13.3. The van der Waals surface area contributed by atoms with Crippen molar-refractivity contribution in [1.82, 2.24) is 19.4 Å². The van der Waals surface area contributed by atoms with Gasteiger partial charge in [-0.1, -0.05) is 19.3 Å². The number of likely N-dealkylation sites (tertiary alicyclic amines) is 1. The van der Waals surface area contributed by atoms with Crippen LogP contribution in [0.3, 0.4) is 0 Å². The first kappa shape index (κ1) is 17.1. The van der Waals surface area contributed by atoms with Crippen LogP contribution in [0.25, 0.3) is 11.1 Å². The summed E-state index contributed by atoms with van der Waals surface area (Å²) in [6.07, 6.45) is 13.3. The number of hydrogen-bond donors (Lipinski definition) is 0. The van der Waals surface area contributed by atoms with Gasteiger partial charge in [0.05, 0.1) is 5.56 Å². The lowest BCUT2D eigenvalue weighted by Crippen LogP contribution is -2.48. The Labute approximate surface area is 160 Å². The largest absolute Gasteiger partial charge is 0.311 e. The van der Waals surface area contributed by atoms with Crippen LogP contribution in [0, 0.1) is 11.8 Å². The average Bonchev–Trinajstić information content (AvgIpc) is 2.70. The van der Waals surface area contributed by atoms with Gasteiger partial charge in [0.2, 0.25) is 0 Å².